The lowest BCUT2D eigenvalue weighted by molar-refractivity contribution is -0.132. The van der Waals surface area contributed by atoms with Gasteiger partial charge in [-0.15, -0.1) is 0 Å². The minimum absolute atomic E-state index is 0.117. The van der Waals surface area contributed by atoms with Crippen molar-refractivity contribution in [3.63, 3.8) is 0 Å². The standard InChI is InChI=1S/C28H23ClN2O6/c1-3-36-19-10-11-21(29)20(14-19)26(33)24-25(17-7-12-22(32)23(13-17)37-4-2)31(28(35)27(24)34)18-8-5-16(15-30)6-9-18/h5-14,25,32-33H,3-4H2,1-2H3/b26-24+. The Morgan fingerprint density at radius 2 is 1.73 bits per heavy atom. The Morgan fingerprint density at radius 1 is 1.03 bits per heavy atom. The van der Waals surface area contributed by atoms with Crippen molar-refractivity contribution in [2.45, 2.75) is 19.9 Å². The minimum Gasteiger partial charge on any atom is -0.507 e. The largest absolute Gasteiger partial charge is 0.507 e. The zero-order valence-corrected chi connectivity index (χ0v) is 20.8. The lowest BCUT2D eigenvalue weighted by atomic mass is 9.94. The maximum Gasteiger partial charge on any atom is 0.300 e. The molecule has 3 aromatic rings. The van der Waals surface area contributed by atoms with Crippen molar-refractivity contribution < 1.29 is 29.3 Å². The van der Waals surface area contributed by atoms with Crippen LogP contribution in [0, 0.1) is 11.3 Å². The molecule has 0 spiro atoms. The number of nitrogens with zero attached hydrogens (tertiary/aromatic N) is 2. The molecule has 1 unspecified atom stereocenters. The van der Waals surface area contributed by atoms with E-state index in [1.807, 2.05) is 6.07 Å². The van der Waals surface area contributed by atoms with Gasteiger partial charge in [0.2, 0.25) is 0 Å². The number of carbonyl (C=O) groups is 2. The zero-order chi connectivity index (χ0) is 26.7. The van der Waals surface area contributed by atoms with Gasteiger partial charge in [-0.05, 0) is 74.0 Å². The number of ether oxygens (including phenoxy) is 2. The predicted molar refractivity (Wildman–Crippen MR) is 138 cm³/mol. The number of phenols is 1. The van der Waals surface area contributed by atoms with Crippen LogP contribution in [0.2, 0.25) is 5.02 Å². The van der Waals surface area contributed by atoms with Crippen LogP contribution in [0.5, 0.6) is 17.2 Å². The highest BCUT2D eigenvalue weighted by Gasteiger charge is 2.47. The van der Waals surface area contributed by atoms with Gasteiger partial charge >= 0.3 is 0 Å². The second-order valence-electron chi connectivity index (χ2n) is 8.06. The molecule has 1 heterocycles. The first-order chi connectivity index (χ1) is 17.8. The van der Waals surface area contributed by atoms with E-state index in [1.54, 1.807) is 32.0 Å². The number of ketones is 1. The molecule has 0 radical (unpaired) electrons. The molecule has 2 N–H and O–H groups in total. The number of rotatable bonds is 7. The molecule has 1 saturated heterocycles. The van der Waals surface area contributed by atoms with Crippen molar-refractivity contribution in [1.82, 2.24) is 0 Å². The highest BCUT2D eigenvalue weighted by Crippen LogP contribution is 2.45. The number of Topliss-reactive ketones (excluding diaryl/α,β-unsaturated/α-hetero) is 1. The van der Waals surface area contributed by atoms with Gasteiger partial charge in [-0.2, -0.15) is 5.26 Å². The first kappa shape index (κ1) is 25.6. The van der Waals surface area contributed by atoms with Crippen molar-refractivity contribution in [2.24, 2.45) is 0 Å². The van der Waals surface area contributed by atoms with E-state index < -0.39 is 23.5 Å². The Kier molecular flexibility index (Phi) is 7.37. The van der Waals surface area contributed by atoms with Crippen LogP contribution in [0.15, 0.2) is 66.2 Å². The molecule has 1 aliphatic heterocycles. The Labute approximate surface area is 218 Å². The van der Waals surface area contributed by atoms with E-state index in [4.69, 9.17) is 26.3 Å². The highest BCUT2D eigenvalue weighted by atomic mass is 35.5. The van der Waals surface area contributed by atoms with Crippen LogP contribution in [0.25, 0.3) is 5.76 Å². The van der Waals surface area contributed by atoms with E-state index in [2.05, 4.69) is 0 Å². The number of hydrogen-bond acceptors (Lipinski definition) is 7. The fourth-order valence-electron chi connectivity index (χ4n) is 4.17. The SMILES string of the molecule is CCOc1ccc(Cl)c(/C(O)=C2\C(=O)C(=O)N(c3ccc(C#N)cc3)C2c2ccc(O)c(OCC)c2)c1. The normalized spacial score (nSPS) is 16.5. The molecule has 9 heteroatoms. The lowest BCUT2D eigenvalue weighted by Gasteiger charge is -2.26. The van der Waals surface area contributed by atoms with Crippen LogP contribution in [-0.4, -0.2) is 35.1 Å². The van der Waals surface area contributed by atoms with Crippen LogP contribution < -0.4 is 14.4 Å². The molecule has 1 atom stereocenters. The Balaban J connectivity index is 1.97. The van der Waals surface area contributed by atoms with Crippen LogP contribution in [-0.2, 0) is 9.59 Å². The summed E-state index contributed by atoms with van der Waals surface area (Å²) in [7, 11) is 0. The number of carbonyl (C=O) groups excluding carboxylic acids is 2. The van der Waals surface area contributed by atoms with Gasteiger partial charge in [0.15, 0.2) is 11.5 Å². The summed E-state index contributed by atoms with van der Waals surface area (Å²) in [6.45, 7) is 4.20. The van der Waals surface area contributed by atoms with E-state index in [0.29, 0.717) is 29.2 Å². The molecule has 1 aliphatic rings. The predicted octanol–water partition coefficient (Wildman–Crippen LogP) is 5.34. The van der Waals surface area contributed by atoms with Gasteiger partial charge in [0.25, 0.3) is 11.7 Å². The smallest absolute Gasteiger partial charge is 0.300 e. The van der Waals surface area contributed by atoms with E-state index in [-0.39, 0.29) is 34.3 Å². The summed E-state index contributed by atoms with van der Waals surface area (Å²) in [6, 6.07) is 16.2. The summed E-state index contributed by atoms with van der Waals surface area (Å²) in [4.78, 5) is 28.0. The molecule has 1 fully saturated rings. The average Bonchev–Trinajstić information content (AvgIpc) is 3.16. The summed E-state index contributed by atoms with van der Waals surface area (Å²) in [5, 5.41) is 31.0. The first-order valence-electron chi connectivity index (χ1n) is 11.5. The van der Waals surface area contributed by atoms with Gasteiger partial charge in [0.1, 0.15) is 11.5 Å². The topological polar surface area (TPSA) is 120 Å². The number of aliphatic hydroxyl groups is 1. The molecule has 1 amide bonds. The van der Waals surface area contributed by atoms with Crippen molar-refractivity contribution in [3.05, 3.63) is 87.9 Å². The quantitative estimate of drug-likeness (QED) is 0.246. The first-order valence-corrected chi connectivity index (χ1v) is 11.9. The lowest BCUT2D eigenvalue weighted by Crippen LogP contribution is -2.29. The van der Waals surface area contributed by atoms with E-state index in [0.717, 1.165) is 0 Å². The number of aliphatic hydroxyl groups excluding tert-OH is 1. The van der Waals surface area contributed by atoms with Crippen LogP contribution >= 0.6 is 11.6 Å². The molecular formula is C28H23ClN2O6. The third-order valence-electron chi connectivity index (χ3n) is 5.82. The monoisotopic (exact) mass is 518 g/mol. The van der Waals surface area contributed by atoms with Crippen molar-refractivity contribution in [1.29, 1.82) is 5.26 Å². The minimum atomic E-state index is -1.08. The summed E-state index contributed by atoms with van der Waals surface area (Å²) < 4.78 is 11.0. The fourth-order valence-corrected chi connectivity index (χ4v) is 4.38. The molecule has 0 aliphatic carbocycles. The van der Waals surface area contributed by atoms with E-state index >= 15 is 0 Å². The van der Waals surface area contributed by atoms with Crippen LogP contribution in [0.3, 0.4) is 0 Å². The molecule has 0 bridgehead atoms. The number of halogens is 1. The fraction of sp³-hybridized carbons (Fsp3) is 0.179. The van der Waals surface area contributed by atoms with Gasteiger partial charge in [-0.1, -0.05) is 17.7 Å². The maximum absolute atomic E-state index is 13.4. The van der Waals surface area contributed by atoms with Gasteiger partial charge in [-0.3, -0.25) is 14.5 Å². The second-order valence-corrected chi connectivity index (χ2v) is 8.47. The molecule has 0 saturated carbocycles. The van der Waals surface area contributed by atoms with Crippen LogP contribution in [0.4, 0.5) is 5.69 Å². The average molecular weight is 519 g/mol. The van der Waals surface area contributed by atoms with Gasteiger partial charge < -0.3 is 19.7 Å². The summed E-state index contributed by atoms with van der Waals surface area (Å²) >= 11 is 6.38. The van der Waals surface area contributed by atoms with E-state index in [9.17, 15) is 19.8 Å². The molecule has 3 aromatic carbocycles. The van der Waals surface area contributed by atoms with Gasteiger partial charge in [0.05, 0.1) is 41.5 Å². The third-order valence-corrected chi connectivity index (χ3v) is 6.15. The molecule has 188 valence electrons. The number of nitriles is 1. The Bertz CT molecular complexity index is 1440. The number of amides is 1. The van der Waals surface area contributed by atoms with E-state index in [1.165, 1.54) is 47.4 Å². The van der Waals surface area contributed by atoms with Gasteiger partial charge in [-0.25, -0.2) is 0 Å². The zero-order valence-electron chi connectivity index (χ0n) is 20.1. The van der Waals surface area contributed by atoms with Crippen molar-refractivity contribution >= 4 is 34.7 Å². The Morgan fingerprint density at radius 3 is 2.38 bits per heavy atom. The maximum atomic E-state index is 13.4. The highest BCUT2D eigenvalue weighted by molar-refractivity contribution is 6.52. The summed E-state index contributed by atoms with van der Waals surface area (Å²) in [5.74, 6) is -1.81. The number of benzene rings is 3. The molecule has 8 nitrogen and oxygen atoms in total. The molecule has 4 rings (SSSR count). The molecular weight excluding hydrogens is 496 g/mol. The molecule has 0 aromatic heterocycles. The van der Waals surface area contributed by atoms with Crippen molar-refractivity contribution in [3.8, 4) is 23.3 Å². The van der Waals surface area contributed by atoms with Crippen LogP contribution in [0.1, 0.15) is 36.6 Å². The summed E-state index contributed by atoms with van der Waals surface area (Å²) in [5.41, 5.74) is 1.05. The third kappa shape index (κ3) is 4.82. The number of hydrogen-bond donors (Lipinski definition) is 2. The molecule has 37 heavy (non-hydrogen) atoms. The number of phenolic OH excluding ortho intramolecular Hbond substituents is 1. The van der Waals surface area contributed by atoms with Gasteiger partial charge in [0, 0.05) is 11.3 Å². The summed E-state index contributed by atoms with van der Waals surface area (Å²) in [6.07, 6.45) is 0. The Hall–Kier alpha value is -4.48. The second kappa shape index (κ2) is 10.6. The van der Waals surface area contributed by atoms with Crippen molar-refractivity contribution in [2.75, 3.05) is 18.1 Å². The number of anilines is 1. The number of aromatic hydroxyl groups is 1.